The van der Waals surface area contributed by atoms with Crippen LogP contribution in [0.25, 0.3) is 0 Å². The number of halogens is 1. The van der Waals surface area contributed by atoms with Gasteiger partial charge in [0.15, 0.2) is 5.78 Å². The second-order valence-corrected chi connectivity index (χ2v) is 6.36. The van der Waals surface area contributed by atoms with Gasteiger partial charge in [-0.3, -0.25) is 9.59 Å². The van der Waals surface area contributed by atoms with E-state index in [4.69, 9.17) is 10.5 Å². The summed E-state index contributed by atoms with van der Waals surface area (Å²) >= 11 is 0. The highest BCUT2D eigenvalue weighted by Gasteiger charge is 2.19. The Morgan fingerprint density at radius 1 is 1.00 bits per heavy atom. The molecule has 2 aromatic rings. The number of carbonyl (C=O) groups excluding carboxylic acids is 3. The van der Waals surface area contributed by atoms with Crippen molar-refractivity contribution in [2.75, 3.05) is 6.67 Å². The van der Waals surface area contributed by atoms with Gasteiger partial charge in [0.2, 0.25) is 5.91 Å². The number of rotatable bonds is 10. The van der Waals surface area contributed by atoms with Gasteiger partial charge >= 0.3 is 6.09 Å². The third kappa shape index (κ3) is 7.19. The maximum absolute atomic E-state index is 12.3. The summed E-state index contributed by atoms with van der Waals surface area (Å²) in [5, 5.41) is 2.47. The first-order chi connectivity index (χ1) is 13.5. The number of alkyl halides is 1. The summed E-state index contributed by atoms with van der Waals surface area (Å²) in [7, 11) is 0. The predicted molar refractivity (Wildman–Crippen MR) is 102 cm³/mol. The van der Waals surface area contributed by atoms with Crippen LogP contribution >= 0.6 is 0 Å². The number of Topliss-reactive ketones (excluding diaryl/α,β-unsaturated/α-hetero) is 1. The van der Waals surface area contributed by atoms with Crippen molar-refractivity contribution in [2.45, 2.75) is 31.9 Å². The van der Waals surface area contributed by atoms with Crippen LogP contribution in [0.1, 0.15) is 23.1 Å². The van der Waals surface area contributed by atoms with Crippen LogP contribution in [0.15, 0.2) is 54.6 Å². The molecule has 0 saturated carbocycles. The van der Waals surface area contributed by atoms with E-state index in [9.17, 15) is 18.8 Å². The molecule has 2 amide bonds. The van der Waals surface area contributed by atoms with Crippen molar-refractivity contribution >= 4 is 17.8 Å². The number of benzene rings is 2. The highest BCUT2D eigenvalue weighted by molar-refractivity contribution is 5.84. The zero-order valence-corrected chi connectivity index (χ0v) is 15.4. The molecule has 0 saturated heterocycles. The van der Waals surface area contributed by atoms with Crippen LogP contribution in [0.3, 0.4) is 0 Å². The number of ether oxygens (including phenoxy) is 1. The summed E-state index contributed by atoms with van der Waals surface area (Å²) < 4.78 is 17.4. The van der Waals surface area contributed by atoms with Gasteiger partial charge < -0.3 is 15.8 Å². The lowest BCUT2D eigenvalue weighted by Crippen LogP contribution is -2.46. The Morgan fingerprint density at radius 3 is 2.36 bits per heavy atom. The first-order valence-electron chi connectivity index (χ1n) is 8.90. The zero-order valence-electron chi connectivity index (χ0n) is 15.4. The fraction of sp³-hybridized carbons (Fsp3) is 0.286. The number of primary amides is 1. The monoisotopic (exact) mass is 386 g/mol. The average molecular weight is 386 g/mol. The number of amides is 2. The Labute approximate surface area is 162 Å². The van der Waals surface area contributed by atoms with E-state index in [1.807, 2.05) is 36.4 Å². The van der Waals surface area contributed by atoms with Gasteiger partial charge in [-0.15, -0.1) is 0 Å². The topological polar surface area (TPSA) is 98.5 Å². The van der Waals surface area contributed by atoms with Crippen LogP contribution in [0.2, 0.25) is 0 Å². The molecule has 0 fully saturated rings. The molecule has 6 nitrogen and oxygen atoms in total. The van der Waals surface area contributed by atoms with Crippen LogP contribution < -0.4 is 11.1 Å². The molecule has 3 N–H and O–H groups in total. The first-order valence-corrected chi connectivity index (χ1v) is 8.90. The molecule has 1 atom stereocenters. The second kappa shape index (κ2) is 10.8. The molecule has 0 aromatic heterocycles. The molecule has 0 aliphatic carbocycles. The molecule has 0 bridgehead atoms. The lowest BCUT2D eigenvalue weighted by molar-refractivity contribution is -0.120. The molecule has 0 aliphatic heterocycles. The molecular weight excluding hydrogens is 363 g/mol. The fourth-order valence-corrected chi connectivity index (χ4v) is 2.63. The van der Waals surface area contributed by atoms with Gasteiger partial charge in [0.1, 0.15) is 19.3 Å². The molecule has 148 valence electrons. The number of aryl methyl sites for hydroxylation is 1. The molecule has 0 spiro atoms. The number of hydrogen-bond acceptors (Lipinski definition) is 4. The highest BCUT2D eigenvalue weighted by Crippen LogP contribution is 2.11. The lowest BCUT2D eigenvalue weighted by Gasteiger charge is -2.16. The minimum absolute atomic E-state index is 0.0796. The Kier molecular flexibility index (Phi) is 8.14. The zero-order chi connectivity index (χ0) is 20.4. The SMILES string of the molecule is NC(=O)[C@H](Cc1cccc(CCC(=O)CF)c1)NC(=O)OCc1ccccc1. The third-order valence-electron chi connectivity index (χ3n) is 4.12. The molecule has 0 heterocycles. The summed E-state index contributed by atoms with van der Waals surface area (Å²) in [6.07, 6.45) is -0.0359. The van der Waals surface area contributed by atoms with Gasteiger partial charge in [-0.05, 0) is 23.1 Å². The number of alkyl carbamates (subject to hydrolysis) is 1. The van der Waals surface area contributed by atoms with Gasteiger partial charge in [-0.2, -0.15) is 0 Å². The van der Waals surface area contributed by atoms with Crippen molar-refractivity contribution in [2.24, 2.45) is 5.73 Å². The lowest BCUT2D eigenvalue weighted by atomic mass is 10.0. The summed E-state index contributed by atoms with van der Waals surface area (Å²) in [6, 6.07) is 15.4. The normalized spacial score (nSPS) is 11.5. The molecule has 2 rings (SSSR count). The van der Waals surface area contributed by atoms with E-state index < -0.39 is 30.5 Å². The highest BCUT2D eigenvalue weighted by atomic mass is 19.1. The number of nitrogens with one attached hydrogen (secondary N) is 1. The molecule has 7 heteroatoms. The smallest absolute Gasteiger partial charge is 0.408 e. The summed E-state index contributed by atoms with van der Waals surface area (Å²) in [5.41, 5.74) is 7.83. The minimum atomic E-state index is -0.974. The molecule has 2 aromatic carbocycles. The van der Waals surface area contributed by atoms with E-state index in [0.29, 0.717) is 6.42 Å². The van der Waals surface area contributed by atoms with Crippen LogP contribution in [0.4, 0.5) is 9.18 Å². The second-order valence-electron chi connectivity index (χ2n) is 6.36. The van der Waals surface area contributed by atoms with Crippen LogP contribution in [-0.4, -0.2) is 30.5 Å². The molecule has 0 aliphatic rings. The molecule has 0 unspecified atom stereocenters. The van der Waals surface area contributed by atoms with Crippen LogP contribution in [0.5, 0.6) is 0 Å². The Bertz CT molecular complexity index is 811. The first kappa shape index (κ1) is 21.1. The van der Waals surface area contributed by atoms with Gasteiger partial charge in [0, 0.05) is 12.8 Å². The predicted octanol–water partition coefficient (Wildman–Crippen LogP) is 2.48. The van der Waals surface area contributed by atoms with Crippen molar-refractivity contribution < 1.29 is 23.5 Å². The molecular formula is C21H23FN2O4. The Hall–Kier alpha value is -3.22. The molecule has 0 radical (unpaired) electrons. The van der Waals surface area contributed by atoms with E-state index in [1.165, 1.54) is 0 Å². The summed E-state index contributed by atoms with van der Waals surface area (Å²) in [6.45, 7) is -0.894. The Balaban J connectivity index is 1.92. The van der Waals surface area contributed by atoms with Crippen molar-refractivity contribution in [3.05, 3.63) is 71.3 Å². The maximum atomic E-state index is 12.3. The van der Waals surface area contributed by atoms with E-state index in [0.717, 1.165) is 16.7 Å². The van der Waals surface area contributed by atoms with Gasteiger partial charge in [0.05, 0.1) is 0 Å². The van der Waals surface area contributed by atoms with Gasteiger partial charge in [-0.25, -0.2) is 9.18 Å². The van der Waals surface area contributed by atoms with Crippen molar-refractivity contribution in [3.63, 3.8) is 0 Å². The van der Waals surface area contributed by atoms with E-state index in [1.54, 1.807) is 18.2 Å². The molecule has 28 heavy (non-hydrogen) atoms. The van der Waals surface area contributed by atoms with Crippen molar-refractivity contribution in [1.82, 2.24) is 5.32 Å². The summed E-state index contributed by atoms with van der Waals surface area (Å²) in [5.74, 6) is -1.14. The minimum Gasteiger partial charge on any atom is -0.445 e. The Morgan fingerprint density at radius 2 is 1.68 bits per heavy atom. The van der Waals surface area contributed by atoms with Gasteiger partial charge in [-0.1, -0.05) is 54.6 Å². The summed E-state index contributed by atoms with van der Waals surface area (Å²) in [4.78, 5) is 34.8. The van der Waals surface area contributed by atoms with Crippen LogP contribution in [-0.2, 0) is 33.8 Å². The van der Waals surface area contributed by atoms with Gasteiger partial charge in [0.25, 0.3) is 0 Å². The van der Waals surface area contributed by atoms with E-state index in [-0.39, 0.29) is 19.4 Å². The number of ketones is 1. The van der Waals surface area contributed by atoms with Crippen molar-refractivity contribution in [3.8, 4) is 0 Å². The largest absolute Gasteiger partial charge is 0.445 e. The number of hydrogen-bond donors (Lipinski definition) is 2. The quantitative estimate of drug-likeness (QED) is 0.655. The van der Waals surface area contributed by atoms with Crippen LogP contribution in [0, 0.1) is 0 Å². The fourth-order valence-electron chi connectivity index (χ4n) is 2.63. The standard InChI is InChI=1S/C21H23FN2O4/c22-13-18(25)10-9-15-7-4-8-17(11-15)12-19(20(23)26)24-21(27)28-14-16-5-2-1-3-6-16/h1-8,11,19H,9-10,12-14H2,(H2,23,26)(H,24,27)/t19-/m0/s1. The third-order valence-corrected chi connectivity index (χ3v) is 4.12. The average Bonchev–Trinajstić information content (AvgIpc) is 2.71. The number of carbonyl (C=O) groups is 3. The van der Waals surface area contributed by atoms with Crippen molar-refractivity contribution in [1.29, 1.82) is 0 Å². The maximum Gasteiger partial charge on any atom is 0.408 e. The van der Waals surface area contributed by atoms with E-state index in [2.05, 4.69) is 5.32 Å². The van der Waals surface area contributed by atoms with E-state index >= 15 is 0 Å². The number of nitrogens with two attached hydrogens (primary N) is 1.